The van der Waals surface area contributed by atoms with Gasteiger partial charge in [0.1, 0.15) is 5.82 Å². The Bertz CT molecular complexity index is 1010. The topological polar surface area (TPSA) is 69.7 Å². The predicted octanol–water partition coefficient (Wildman–Crippen LogP) is 2.88. The summed E-state index contributed by atoms with van der Waals surface area (Å²) < 4.78 is 39.9. The van der Waals surface area contributed by atoms with Crippen molar-refractivity contribution in [3.63, 3.8) is 0 Å². The number of anilines is 2. The van der Waals surface area contributed by atoms with Crippen molar-refractivity contribution in [1.82, 2.24) is 4.31 Å². The molecule has 0 aliphatic heterocycles. The number of hydrogen-bond donors (Lipinski definition) is 1. The van der Waals surface area contributed by atoms with Gasteiger partial charge in [0.15, 0.2) is 0 Å². The summed E-state index contributed by atoms with van der Waals surface area (Å²) in [5, 5.41) is 2.84. The summed E-state index contributed by atoms with van der Waals surface area (Å²) in [5.41, 5.74) is 1.64. The quantitative estimate of drug-likeness (QED) is 0.802. The summed E-state index contributed by atoms with van der Waals surface area (Å²) in [6.45, 7) is 0. The van der Waals surface area contributed by atoms with E-state index in [2.05, 4.69) is 5.32 Å². The van der Waals surface area contributed by atoms with Gasteiger partial charge in [-0.3, -0.25) is 4.79 Å². The zero-order chi connectivity index (χ0) is 20.6. The molecule has 3 rings (SSSR count). The van der Waals surface area contributed by atoms with E-state index in [9.17, 15) is 17.6 Å². The monoisotopic (exact) mass is 405 g/mol. The molecule has 1 saturated carbocycles. The Morgan fingerprint density at radius 2 is 1.79 bits per heavy atom. The molecule has 1 N–H and O–H groups in total. The third-order valence-electron chi connectivity index (χ3n) is 4.92. The van der Waals surface area contributed by atoms with Crippen LogP contribution < -0.4 is 10.2 Å². The highest BCUT2D eigenvalue weighted by atomic mass is 32.2. The Hall–Kier alpha value is -2.45. The molecule has 0 heterocycles. The van der Waals surface area contributed by atoms with Gasteiger partial charge >= 0.3 is 0 Å². The third-order valence-corrected chi connectivity index (χ3v) is 6.73. The second kappa shape index (κ2) is 7.52. The molecule has 0 saturated heterocycles. The van der Waals surface area contributed by atoms with Crippen molar-refractivity contribution in [2.24, 2.45) is 5.92 Å². The number of nitrogens with one attached hydrogen (secondary N) is 1. The molecule has 2 aromatic rings. The number of rotatable bonds is 6. The van der Waals surface area contributed by atoms with Crippen LogP contribution in [0.25, 0.3) is 0 Å². The summed E-state index contributed by atoms with van der Waals surface area (Å²) in [7, 11) is 2.90. The molecule has 0 aromatic heterocycles. The number of nitrogens with zero attached hydrogens (tertiary/aromatic N) is 2. The van der Waals surface area contributed by atoms with E-state index >= 15 is 0 Å². The van der Waals surface area contributed by atoms with Gasteiger partial charge in [-0.05, 0) is 42.2 Å². The van der Waals surface area contributed by atoms with E-state index < -0.39 is 10.0 Å². The molecule has 2 unspecified atom stereocenters. The number of hydrogen-bond acceptors (Lipinski definition) is 4. The van der Waals surface area contributed by atoms with E-state index in [1.165, 1.54) is 32.3 Å². The van der Waals surface area contributed by atoms with Crippen molar-refractivity contribution in [2.45, 2.75) is 17.2 Å². The Morgan fingerprint density at radius 1 is 1.11 bits per heavy atom. The minimum Gasteiger partial charge on any atom is -0.376 e. The van der Waals surface area contributed by atoms with Gasteiger partial charge in [-0.25, -0.2) is 17.1 Å². The molecule has 2 aromatic carbocycles. The van der Waals surface area contributed by atoms with Crippen molar-refractivity contribution in [3.8, 4) is 0 Å². The number of halogens is 1. The molecule has 1 amide bonds. The fourth-order valence-electron chi connectivity index (χ4n) is 3.21. The van der Waals surface area contributed by atoms with Crippen LogP contribution in [-0.4, -0.2) is 46.8 Å². The lowest BCUT2D eigenvalue weighted by molar-refractivity contribution is -0.117. The average Bonchev–Trinajstić information content (AvgIpc) is 3.42. The molecule has 150 valence electrons. The number of amides is 1. The van der Waals surface area contributed by atoms with Crippen LogP contribution in [0.5, 0.6) is 0 Å². The van der Waals surface area contributed by atoms with Gasteiger partial charge in [-0.15, -0.1) is 0 Å². The van der Waals surface area contributed by atoms with E-state index in [0.717, 1.165) is 4.31 Å². The lowest BCUT2D eigenvalue weighted by Crippen LogP contribution is -2.23. The predicted molar refractivity (Wildman–Crippen MR) is 108 cm³/mol. The minimum atomic E-state index is -3.63. The first-order valence-corrected chi connectivity index (χ1v) is 10.4. The fourth-order valence-corrected chi connectivity index (χ4v) is 4.13. The molecule has 1 aliphatic carbocycles. The van der Waals surface area contributed by atoms with Crippen LogP contribution in [0.2, 0.25) is 0 Å². The lowest BCUT2D eigenvalue weighted by Gasteiger charge is -2.20. The van der Waals surface area contributed by atoms with E-state index in [-0.39, 0.29) is 28.5 Å². The highest BCUT2D eigenvalue weighted by Crippen LogP contribution is 2.49. The summed E-state index contributed by atoms with van der Waals surface area (Å²) in [5.74, 6) is -1.04. The SMILES string of the molecule is CN(C)c1ccc(S(=O)(=O)N(C)C)cc1NC(=O)C1CC1c1ccccc1F. The van der Waals surface area contributed by atoms with E-state index in [0.29, 0.717) is 23.4 Å². The Kier molecular flexibility index (Phi) is 5.45. The van der Waals surface area contributed by atoms with Gasteiger partial charge in [0, 0.05) is 34.1 Å². The summed E-state index contributed by atoms with van der Waals surface area (Å²) in [4.78, 5) is 14.6. The van der Waals surface area contributed by atoms with Gasteiger partial charge in [-0.1, -0.05) is 18.2 Å². The molecule has 0 spiro atoms. The van der Waals surface area contributed by atoms with Crippen LogP contribution in [0.3, 0.4) is 0 Å². The standard InChI is InChI=1S/C20H24FN3O3S/c1-23(2)19-10-9-13(28(26,27)24(3)4)11-18(19)22-20(25)16-12-15(16)14-7-5-6-8-17(14)21/h5-11,15-16H,12H2,1-4H3,(H,22,25). The van der Waals surface area contributed by atoms with Gasteiger partial charge < -0.3 is 10.2 Å². The largest absolute Gasteiger partial charge is 0.376 e. The summed E-state index contributed by atoms with van der Waals surface area (Å²) >= 11 is 0. The van der Waals surface area contributed by atoms with E-state index in [1.54, 1.807) is 29.2 Å². The second-order valence-electron chi connectivity index (χ2n) is 7.32. The number of carbonyl (C=O) groups excluding carboxylic acids is 1. The molecule has 1 fully saturated rings. The zero-order valence-corrected chi connectivity index (χ0v) is 17.1. The average molecular weight is 405 g/mol. The normalized spacial score (nSPS) is 18.8. The number of benzene rings is 2. The molecular formula is C20H24FN3O3S. The van der Waals surface area contributed by atoms with Crippen molar-refractivity contribution < 1.29 is 17.6 Å². The third kappa shape index (κ3) is 3.88. The number of carbonyl (C=O) groups is 1. The van der Waals surface area contributed by atoms with Gasteiger partial charge in [0.2, 0.25) is 15.9 Å². The van der Waals surface area contributed by atoms with Crippen LogP contribution in [0.15, 0.2) is 47.4 Å². The first kappa shape index (κ1) is 20.3. The number of sulfonamides is 1. The van der Waals surface area contributed by atoms with Crippen molar-refractivity contribution >= 4 is 27.3 Å². The van der Waals surface area contributed by atoms with E-state index in [4.69, 9.17) is 0 Å². The lowest BCUT2D eigenvalue weighted by atomic mass is 10.1. The molecular weight excluding hydrogens is 381 g/mol. The van der Waals surface area contributed by atoms with Crippen molar-refractivity contribution in [3.05, 3.63) is 53.8 Å². The summed E-state index contributed by atoms with van der Waals surface area (Å²) in [6, 6.07) is 11.1. The maximum Gasteiger partial charge on any atom is 0.242 e. The van der Waals surface area contributed by atoms with Crippen LogP contribution in [0, 0.1) is 11.7 Å². The second-order valence-corrected chi connectivity index (χ2v) is 9.47. The molecule has 0 bridgehead atoms. The van der Waals surface area contributed by atoms with Crippen LogP contribution in [0.1, 0.15) is 17.9 Å². The van der Waals surface area contributed by atoms with E-state index in [1.807, 2.05) is 14.1 Å². The molecule has 8 heteroatoms. The van der Waals surface area contributed by atoms with Crippen LogP contribution in [-0.2, 0) is 14.8 Å². The van der Waals surface area contributed by atoms with Gasteiger partial charge in [0.05, 0.1) is 16.3 Å². The fraction of sp³-hybridized carbons (Fsp3) is 0.350. The Balaban J connectivity index is 1.85. The highest BCUT2D eigenvalue weighted by molar-refractivity contribution is 7.89. The molecule has 1 aliphatic rings. The zero-order valence-electron chi connectivity index (χ0n) is 16.3. The first-order chi connectivity index (χ1) is 13.1. The first-order valence-electron chi connectivity index (χ1n) is 8.92. The minimum absolute atomic E-state index is 0.0971. The molecule has 6 nitrogen and oxygen atoms in total. The van der Waals surface area contributed by atoms with Crippen LogP contribution >= 0.6 is 0 Å². The van der Waals surface area contributed by atoms with Crippen molar-refractivity contribution in [2.75, 3.05) is 38.4 Å². The maximum absolute atomic E-state index is 14.0. The van der Waals surface area contributed by atoms with Crippen molar-refractivity contribution in [1.29, 1.82) is 0 Å². The molecule has 28 heavy (non-hydrogen) atoms. The Morgan fingerprint density at radius 3 is 2.39 bits per heavy atom. The van der Waals surface area contributed by atoms with Gasteiger partial charge in [-0.2, -0.15) is 0 Å². The Labute approximate surface area is 165 Å². The van der Waals surface area contributed by atoms with Gasteiger partial charge in [0.25, 0.3) is 0 Å². The summed E-state index contributed by atoms with van der Waals surface area (Å²) in [6.07, 6.45) is 0.569. The molecule has 0 radical (unpaired) electrons. The smallest absolute Gasteiger partial charge is 0.242 e. The molecule has 2 atom stereocenters. The maximum atomic E-state index is 14.0. The highest BCUT2D eigenvalue weighted by Gasteiger charge is 2.45. The van der Waals surface area contributed by atoms with Crippen LogP contribution in [0.4, 0.5) is 15.8 Å².